The molecule has 0 spiro atoms. The Morgan fingerprint density at radius 2 is 1.89 bits per heavy atom. The van der Waals surface area contributed by atoms with Gasteiger partial charge in [0.25, 0.3) is 0 Å². The molecule has 0 amide bonds. The molecule has 19 heavy (non-hydrogen) atoms. The molecule has 3 N–H and O–H groups in total. The van der Waals surface area contributed by atoms with Crippen LogP contribution < -0.4 is 10.6 Å². The second-order valence-electron chi connectivity index (χ2n) is 4.76. The molecular weight excluding hydrogens is 257 g/mol. The van der Waals surface area contributed by atoms with Crippen LogP contribution in [0.25, 0.3) is 0 Å². The highest BCUT2D eigenvalue weighted by Gasteiger charge is 2.36. The van der Waals surface area contributed by atoms with Crippen molar-refractivity contribution in [3.8, 4) is 0 Å². The monoisotopic (exact) mass is 274 g/mol. The third-order valence-electron chi connectivity index (χ3n) is 3.40. The van der Waals surface area contributed by atoms with Crippen molar-refractivity contribution in [2.75, 3.05) is 24.6 Å². The number of benzene rings is 1. The van der Waals surface area contributed by atoms with Gasteiger partial charge in [-0.05, 0) is 30.5 Å². The molecule has 3 nitrogen and oxygen atoms in total. The first kappa shape index (κ1) is 14.1. The van der Waals surface area contributed by atoms with Crippen molar-refractivity contribution in [1.29, 1.82) is 0 Å². The first-order valence-electron chi connectivity index (χ1n) is 6.26. The van der Waals surface area contributed by atoms with E-state index in [2.05, 4.69) is 0 Å². The molecule has 0 aliphatic carbocycles. The minimum Gasteiger partial charge on any atom is -0.394 e. The van der Waals surface area contributed by atoms with Crippen LogP contribution in [0.5, 0.6) is 0 Å². The van der Waals surface area contributed by atoms with Gasteiger partial charge in [0.1, 0.15) is 0 Å². The number of hydrogen-bond donors (Lipinski definition) is 2. The highest BCUT2D eigenvalue weighted by atomic mass is 19.4. The van der Waals surface area contributed by atoms with Crippen LogP contribution in [-0.2, 0) is 6.18 Å². The molecule has 1 saturated heterocycles. The Morgan fingerprint density at radius 1 is 1.26 bits per heavy atom. The average molecular weight is 274 g/mol. The van der Waals surface area contributed by atoms with E-state index in [1.165, 1.54) is 6.07 Å². The van der Waals surface area contributed by atoms with Crippen LogP contribution >= 0.6 is 0 Å². The molecule has 1 aromatic carbocycles. The molecule has 0 unspecified atom stereocenters. The molecule has 1 aliphatic rings. The van der Waals surface area contributed by atoms with Crippen LogP contribution in [0.4, 0.5) is 18.9 Å². The Morgan fingerprint density at radius 3 is 2.42 bits per heavy atom. The molecule has 1 aliphatic heterocycles. The number of anilines is 1. The van der Waals surface area contributed by atoms with Crippen LogP contribution in [0.3, 0.4) is 0 Å². The summed E-state index contributed by atoms with van der Waals surface area (Å²) in [5, 5.41) is 8.95. The molecule has 106 valence electrons. The van der Waals surface area contributed by atoms with Crippen molar-refractivity contribution in [3.05, 3.63) is 29.3 Å². The number of nitrogens with zero attached hydrogens (tertiary/aromatic N) is 1. The minimum absolute atomic E-state index is 0.207. The predicted molar refractivity (Wildman–Crippen MR) is 66.9 cm³/mol. The number of alkyl halides is 3. The van der Waals surface area contributed by atoms with E-state index in [1.54, 1.807) is 11.0 Å². The summed E-state index contributed by atoms with van der Waals surface area (Å²) in [7, 11) is 0. The summed E-state index contributed by atoms with van der Waals surface area (Å²) >= 11 is 0. The normalized spacial score (nSPS) is 17.8. The topological polar surface area (TPSA) is 49.5 Å². The maximum Gasteiger partial charge on any atom is 0.418 e. The largest absolute Gasteiger partial charge is 0.418 e. The van der Waals surface area contributed by atoms with Crippen molar-refractivity contribution >= 4 is 5.69 Å². The van der Waals surface area contributed by atoms with Crippen molar-refractivity contribution in [2.45, 2.75) is 25.1 Å². The standard InChI is InChI=1S/C13H17F3N2O/c14-13(15,16)10-7-9(11(17)8-19)3-4-12(10)18-5-1-2-6-18/h3-4,7,11,19H,1-2,5-6,8,17H2/t11-/m1/s1. The lowest BCUT2D eigenvalue weighted by Gasteiger charge is -2.24. The molecule has 0 radical (unpaired) electrons. The fraction of sp³-hybridized carbons (Fsp3) is 0.538. The van der Waals surface area contributed by atoms with Crippen molar-refractivity contribution in [2.24, 2.45) is 5.73 Å². The molecule has 0 bridgehead atoms. The smallest absolute Gasteiger partial charge is 0.394 e. The van der Waals surface area contributed by atoms with E-state index >= 15 is 0 Å². The van der Waals surface area contributed by atoms with Gasteiger partial charge in [-0.25, -0.2) is 0 Å². The van der Waals surface area contributed by atoms with E-state index in [9.17, 15) is 13.2 Å². The van der Waals surface area contributed by atoms with Crippen molar-refractivity contribution in [3.63, 3.8) is 0 Å². The average Bonchev–Trinajstić information content (AvgIpc) is 2.90. The summed E-state index contributed by atoms with van der Waals surface area (Å²) in [4.78, 5) is 1.75. The first-order valence-corrected chi connectivity index (χ1v) is 6.26. The molecule has 2 rings (SSSR count). The Kier molecular flexibility index (Phi) is 4.01. The van der Waals surface area contributed by atoms with Gasteiger partial charge in [-0.2, -0.15) is 13.2 Å². The van der Waals surface area contributed by atoms with E-state index in [0.717, 1.165) is 18.9 Å². The Labute approximate surface area is 109 Å². The van der Waals surface area contributed by atoms with Crippen LogP contribution in [0, 0.1) is 0 Å². The van der Waals surface area contributed by atoms with Gasteiger partial charge in [0.05, 0.1) is 18.2 Å². The van der Waals surface area contributed by atoms with Gasteiger partial charge in [0.2, 0.25) is 0 Å². The van der Waals surface area contributed by atoms with Crippen LogP contribution in [0.2, 0.25) is 0 Å². The lowest BCUT2D eigenvalue weighted by Crippen LogP contribution is -2.23. The maximum absolute atomic E-state index is 13.1. The summed E-state index contributed by atoms with van der Waals surface area (Å²) in [6, 6.07) is 3.28. The van der Waals surface area contributed by atoms with Gasteiger partial charge < -0.3 is 15.7 Å². The number of nitrogens with two attached hydrogens (primary N) is 1. The van der Waals surface area contributed by atoms with E-state index in [-0.39, 0.29) is 12.3 Å². The highest BCUT2D eigenvalue weighted by molar-refractivity contribution is 5.57. The van der Waals surface area contributed by atoms with Gasteiger partial charge in [-0.15, -0.1) is 0 Å². The number of rotatable bonds is 3. The molecular formula is C13H17F3N2O. The first-order chi connectivity index (χ1) is 8.93. The van der Waals surface area contributed by atoms with E-state index in [4.69, 9.17) is 10.8 Å². The molecule has 1 atom stereocenters. The summed E-state index contributed by atoms with van der Waals surface area (Å²) in [5.41, 5.74) is 5.42. The third kappa shape index (κ3) is 3.01. The van der Waals surface area contributed by atoms with Gasteiger partial charge in [-0.3, -0.25) is 0 Å². The van der Waals surface area contributed by atoms with Crippen LogP contribution in [0.15, 0.2) is 18.2 Å². The van der Waals surface area contributed by atoms with Gasteiger partial charge >= 0.3 is 6.18 Å². The highest BCUT2D eigenvalue weighted by Crippen LogP contribution is 2.38. The van der Waals surface area contributed by atoms with E-state index < -0.39 is 17.8 Å². The lowest BCUT2D eigenvalue weighted by molar-refractivity contribution is -0.137. The Bertz CT molecular complexity index is 442. The fourth-order valence-electron chi connectivity index (χ4n) is 2.35. The molecule has 1 aromatic rings. The van der Waals surface area contributed by atoms with Crippen molar-refractivity contribution < 1.29 is 18.3 Å². The summed E-state index contributed by atoms with van der Waals surface area (Å²) in [5.74, 6) is 0. The van der Waals surface area contributed by atoms with Crippen molar-refractivity contribution in [1.82, 2.24) is 0 Å². The fourth-order valence-corrected chi connectivity index (χ4v) is 2.35. The van der Waals surface area contributed by atoms with Crippen LogP contribution in [0.1, 0.15) is 30.0 Å². The zero-order valence-corrected chi connectivity index (χ0v) is 10.5. The number of halogens is 3. The molecule has 6 heteroatoms. The molecule has 1 heterocycles. The third-order valence-corrected chi connectivity index (χ3v) is 3.40. The summed E-state index contributed by atoms with van der Waals surface area (Å²) in [6.07, 6.45) is -2.59. The number of aliphatic hydroxyl groups is 1. The second-order valence-corrected chi connectivity index (χ2v) is 4.76. The quantitative estimate of drug-likeness (QED) is 0.889. The number of aliphatic hydroxyl groups excluding tert-OH is 1. The maximum atomic E-state index is 13.1. The predicted octanol–water partition coefficient (Wildman–Crippen LogP) is 2.30. The van der Waals surface area contributed by atoms with E-state index in [1.807, 2.05) is 0 Å². The number of hydrogen-bond acceptors (Lipinski definition) is 3. The minimum atomic E-state index is -4.41. The molecule has 1 fully saturated rings. The summed E-state index contributed by atoms with van der Waals surface area (Å²) < 4.78 is 39.4. The van der Waals surface area contributed by atoms with Gasteiger partial charge in [0, 0.05) is 18.8 Å². The summed E-state index contributed by atoms with van der Waals surface area (Å²) in [6.45, 7) is 0.920. The zero-order valence-electron chi connectivity index (χ0n) is 10.5. The molecule has 0 aromatic heterocycles. The van der Waals surface area contributed by atoms with Gasteiger partial charge in [-0.1, -0.05) is 6.07 Å². The van der Waals surface area contributed by atoms with E-state index in [0.29, 0.717) is 18.7 Å². The van der Waals surface area contributed by atoms with Gasteiger partial charge in [0.15, 0.2) is 0 Å². The Balaban J connectivity index is 2.42. The Hall–Kier alpha value is -1.27. The lowest BCUT2D eigenvalue weighted by atomic mass is 10.0. The second kappa shape index (κ2) is 5.38. The van der Waals surface area contributed by atoms with Crippen LogP contribution in [-0.4, -0.2) is 24.8 Å². The molecule has 0 saturated carbocycles. The SMILES string of the molecule is N[C@H](CO)c1ccc(N2CCCC2)c(C(F)(F)F)c1. The zero-order chi connectivity index (χ0) is 14.0.